The molecule has 0 amide bonds. The molecule has 0 saturated heterocycles. The van der Waals surface area contributed by atoms with Gasteiger partial charge in [-0.3, -0.25) is 0 Å². The van der Waals surface area contributed by atoms with Crippen molar-refractivity contribution in [1.29, 1.82) is 0 Å². The highest BCUT2D eigenvalue weighted by Crippen LogP contribution is 2.60. The van der Waals surface area contributed by atoms with Crippen LogP contribution in [0.25, 0.3) is 0 Å². The molecule has 1 aliphatic heterocycles. The third kappa shape index (κ3) is 2.46. The molecule has 0 aromatic rings. The first-order valence-corrected chi connectivity index (χ1v) is 8.39. The Bertz CT molecular complexity index is 625. The summed E-state index contributed by atoms with van der Waals surface area (Å²) < 4.78 is 5.69. The number of carbonyl (C=O) groups is 1. The lowest BCUT2D eigenvalue weighted by Gasteiger charge is -2.43. The van der Waals surface area contributed by atoms with E-state index >= 15 is 0 Å². The summed E-state index contributed by atoms with van der Waals surface area (Å²) >= 11 is 0. The molecule has 3 rings (SSSR count). The van der Waals surface area contributed by atoms with Crippen molar-refractivity contribution in [1.82, 2.24) is 4.90 Å². The van der Waals surface area contributed by atoms with Crippen molar-refractivity contribution in [2.24, 2.45) is 5.41 Å². The summed E-state index contributed by atoms with van der Waals surface area (Å²) in [5.41, 5.74) is 2.30. The number of rotatable bonds is 4. The molecular weight excluding hydrogens is 286 g/mol. The van der Waals surface area contributed by atoms with Crippen molar-refractivity contribution in [3.63, 3.8) is 0 Å². The van der Waals surface area contributed by atoms with E-state index in [1.165, 1.54) is 5.57 Å². The van der Waals surface area contributed by atoms with E-state index in [9.17, 15) is 4.79 Å². The van der Waals surface area contributed by atoms with Gasteiger partial charge < -0.3 is 9.64 Å². The summed E-state index contributed by atoms with van der Waals surface area (Å²) in [5, 5.41) is 0. The molecule has 0 bridgehead atoms. The maximum Gasteiger partial charge on any atom is 0.332 e. The molecule has 1 spiro atoms. The minimum atomic E-state index is -0.527. The van der Waals surface area contributed by atoms with Crippen LogP contribution in [-0.4, -0.2) is 28.6 Å². The van der Waals surface area contributed by atoms with E-state index in [1.54, 1.807) is 0 Å². The first-order chi connectivity index (χ1) is 10.7. The Morgan fingerprint density at radius 1 is 1.17 bits per heavy atom. The highest BCUT2D eigenvalue weighted by molar-refractivity contribution is 5.85. The number of carbonyl (C=O) groups excluding carboxylic acids is 1. The molecule has 0 N–H and O–H groups in total. The third-order valence-electron chi connectivity index (χ3n) is 5.24. The standard InChI is InChI=1S/C20H27NO2/c1-7-15-14(3)21(13-19(9-10-19)16(15)8-2)20(11-12-20)17(22)23-18(4,5)6/h7-8H,1-3,9-13H2,4-6H3. The number of esters is 1. The molecule has 0 aromatic carbocycles. The lowest BCUT2D eigenvalue weighted by atomic mass is 9.84. The van der Waals surface area contributed by atoms with Crippen molar-refractivity contribution in [2.75, 3.05) is 6.54 Å². The number of ether oxygens (including phenoxy) is 1. The van der Waals surface area contributed by atoms with Crippen molar-refractivity contribution >= 4 is 5.97 Å². The van der Waals surface area contributed by atoms with Gasteiger partial charge in [0.1, 0.15) is 11.1 Å². The fraction of sp³-hybridized carbons (Fsp3) is 0.550. The number of allylic oxidation sites excluding steroid dienone is 2. The van der Waals surface area contributed by atoms with E-state index in [0.29, 0.717) is 0 Å². The monoisotopic (exact) mass is 313 g/mol. The van der Waals surface area contributed by atoms with Crippen LogP contribution >= 0.6 is 0 Å². The van der Waals surface area contributed by atoms with Crippen molar-refractivity contribution < 1.29 is 9.53 Å². The molecule has 2 fully saturated rings. The van der Waals surface area contributed by atoms with E-state index in [-0.39, 0.29) is 11.4 Å². The minimum absolute atomic E-state index is 0.118. The van der Waals surface area contributed by atoms with Crippen LogP contribution in [0.3, 0.4) is 0 Å². The third-order valence-corrected chi connectivity index (χ3v) is 5.24. The smallest absolute Gasteiger partial charge is 0.332 e. The van der Waals surface area contributed by atoms with Gasteiger partial charge in [-0.05, 0) is 52.0 Å². The van der Waals surface area contributed by atoms with E-state index in [1.807, 2.05) is 32.9 Å². The van der Waals surface area contributed by atoms with Crippen LogP contribution in [0.15, 0.2) is 48.7 Å². The summed E-state index contributed by atoms with van der Waals surface area (Å²) in [6.45, 7) is 18.8. The molecule has 0 radical (unpaired) electrons. The Morgan fingerprint density at radius 2 is 1.78 bits per heavy atom. The van der Waals surface area contributed by atoms with Gasteiger partial charge in [0.15, 0.2) is 0 Å². The predicted molar refractivity (Wildman–Crippen MR) is 92.7 cm³/mol. The zero-order valence-corrected chi connectivity index (χ0v) is 14.6. The van der Waals surface area contributed by atoms with Crippen LogP contribution < -0.4 is 0 Å². The zero-order chi connectivity index (χ0) is 17.0. The van der Waals surface area contributed by atoms with Crippen molar-refractivity contribution in [2.45, 2.75) is 57.6 Å². The Morgan fingerprint density at radius 3 is 2.17 bits per heavy atom. The molecule has 0 unspecified atom stereocenters. The van der Waals surface area contributed by atoms with E-state index in [2.05, 4.69) is 24.6 Å². The molecule has 2 aliphatic carbocycles. The molecule has 0 atom stereocenters. The molecule has 3 heteroatoms. The normalized spacial score (nSPS) is 24.5. The first-order valence-electron chi connectivity index (χ1n) is 8.39. The van der Waals surface area contributed by atoms with Gasteiger partial charge in [-0.2, -0.15) is 0 Å². The summed E-state index contributed by atoms with van der Waals surface area (Å²) in [4.78, 5) is 15.0. The van der Waals surface area contributed by atoms with E-state index in [0.717, 1.165) is 43.5 Å². The van der Waals surface area contributed by atoms with Gasteiger partial charge in [0.05, 0.1) is 0 Å². The number of hydrogen-bond acceptors (Lipinski definition) is 3. The molecule has 3 aliphatic rings. The summed E-state index contributed by atoms with van der Waals surface area (Å²) in [7, 11) is 0. The minimum Gasteiger partial charge on any atom is -0.458 e. The summed E-state index contributed by atoms with van der Waals surface area (Å²) in [5.74, 6) is -0.118. The van der Waals surface area contributed by atoms with Crippen LogP contribution in [0.1, 0.15) is 46.5 Å². The second kappa shape index (κ2) is 4.86. The topological polar surface area (TPSA) is 29.5 Å². The average molecular weight is 313 g/mol. The largest absolute Gasteiger partial charge is 0.458 e. The predicted octanol–water partition coefficient (Wildman–Crippen LogP) is 4.14. The van der Waals surface area contributed by atoms with Gasteiger partial charge in [-0.25, -0.2) is 4.79 Å². The van der Waals surface area contributed by atoms with Gasteiger partial charge in [-0.15, -0.1) is 0 Å². The second-order valence-corrected chi connectivity index (χ2v) is 8.08. The van der Waals surface area contributed by atoms with Gasteiger partial charge in [0.25, 0.3) is 0 Å². The second-order valence-electron chi connectivity index (χ2n) is 8.08. The molecule has 124 valence electrons. The summed E-state index contributed by atoms with van der Waals surface area (Å²) in [6, 6.07) is 0. The lowest BCUT2D eigenvalue weighted by molar-refractivity contribution is -0.162. The maximum absolute atomic E-state index is 12.8. The molecule has 0 aromatic heterocycles. The molecule has 23 heavy (non-hydrogen) atoms. The Kier molecular flexibility index (Phi) is 3.40. The SMILES string of the molecule is C=CC1=C(C=C)C2(CC2)CN(C2(C(=O)OC(C)(C)C)CC2)C1=C. The van der Waals surface area contributed by atoms with Gasteiger partial charge in [0.2, 0.25) is 0 Å². The fourth-order valence-electron chi connectivity index (χ4n) is 3.69. The van der Waals surface area contributed by atoms with Crippen molar-refractivity contribution in [3.05, 3.63) is 48.7 Å². The fourth-order valence-corrected chi connectivity index (χ4v) is 3.69. The molecule has 3 nitrogen and oxygen atoms in total. The average Bonchev–Trinajstić information content (AvgIpc) is 3.34. The molecule has 2 saturated carbocycles. The van der Waals surface area contributed by atoms with Crippen LogP contribution in [-0.2, 0) is 9.53 Å². The lowest BCUT2D eigenvalue weighted by Crippen LogP contribution is -2.50. The first kappa shape index (κ1) is 16.1. The van der Waals surface area contributed by atoms with Gasteiger partial charge >= 0.3 is 5.97 Å². The van der Waals surface area contributed by atoms with Crippen LogP contribution in [0.5, 0.6) is 0 Å². The van der Waals surface area contributed by atoms with Crippen LogP contribution in [0.4, 0.5) is 0 Å². The Balaban J connectivity index is 1.94. The highest BCUT2D eigenvalue weighted by Gasteiger charge is 2.62. The van der Waals surface area contributed by atoms with Crippen LogP contribution in [0, 0.1) is 5.41 Å². The van der Waals surface area contributed by atoms with Gasteiger partial charge in [-0.1, -0.05) is 31.9 Å². The maximum atomic E-state index is 12.8. The van der Waals surface area contributed by atoms with Crippen molar-refractivity contribution in [3.8, 4) is 0 Å². The zero-order valence-electron chi connectivity index (χ0n) is 14.6. The molecule has 1 heterocycles. The Labute approximate surface area is 139 Å². The van der Waals surface area contributed by atoms with E-state index in [4.69, 9.17) is 4.74 Å². The highest BCUT2D eigenvalue weighted by atomic mass is 16.6. The Hall–Kier alpha value is -1.77. The summed E-state index contributed by atoms with van der Waals surface area (Å²) in [6.07, 6.45) is 7.76. The van der Waals surface area contributed by atoms with E-state index < -0.39 is 11.1 Å². The molecular formula is C20H27NO2. The number of hydrogen-bond donors (Lipinski definition) is 0. The van der Waals surface area contributed by atoms with Crippen LogP contribution in [0.2, 0.25) is 0 Å². The van der Waals surface area contributed by atoms with Gasteiger partial charge in [0, 0.05) is 23.2 Å². The number of nitrogens with zero attached hydrogens (tertiary/aromatic N) is 1. The quantitative estimate of drug-likeness (QED) is 0.731.